The summed E-state index contributed by atoms with van der Waals surface area (Å²) in [5, 5.41) is 4.97. The van der Waals surface area contributed by atoms with E-state index in [0.29, 0.717) is 60.1 Å². The van der Waals surface area contributed by atoms with E-state index in [1.54, 1.807) is 41.4 Å². The molecular formula is C28H26N4O5. The number of hydrogen-bond acceptors (Lipinski definition) is 7. The predicted molar refractivity (Wildman–Crippen MR) is 140 cm³/mol. The van der Waals surface area contributed by atoms with Crippen LogP contribution in [0.25, 0.3) is 22.3 Å². The molecule has 9 nitrogen and oxygen atoms in total. The molecule has 1 fully saturated rings. The lowest BCUT2D eigenvalue weighted by Crippen LogP contribution is -2.43. The Labute approximate surface area is 213 Å². The molecule has 2 heterocycles. The number of nitrogens with zero attached hydrogens (tertiary/aromatic N) is 4. The van der Waals surface area contributed by atoms with Crippen LogP contribution in [0.2, 0.25) is 0 Å². The minimum absolute atomic E-state index is 0.0949. The summed E-state index contributed by atoms with van der Waals surface area (Å²) < 4.78 is 17.8. The van der Waals surface area contributed by atoms with E-state index in [4.69, 9.17) is 19.2 Å². The van der Waals surface area contributed by atoms with Gasteiger partial charge < -0.3 is 19.1 Å². The number of methoxy groups -OCH3 is 1. The molecule has 4 aromatic rings. The average molecular weight is 499 g/mol. The van der Waals surface area contributed by atoms with Gasteiger partial charge in [0.25, 0.3) is 11.5 Å². The number of hydrogen-bond donors (Lipinski definition) is 0. The van der Waals surface area contributed by atoms with Gasteiger partial charge in [0.1, 0.15) is 0 Å². The van der Waals surface area contributed by atoms with Crippen molar-refractivity contribution in [1.82, 2.24) is 14.6 Å². The van der Waals surface area contributed by atoms with Crippen LogP contribution in [-0.2, 0) is 9.53 Å². The largest absolute Gasteiger partial charge is 0.493 e. The number of rotatable bonds is 7. The van der Waals surface area contributed by atoms with Crippen molar-refractivity contribution in [3.63, 3.8) is 0 Å². The summed E-state index contributed by atoms with van der Waals surface area (Å²) in [5.74, 6) is 1.23. The zero-order chi connectivity index (χ0) is 25.6. The Morgan fingerprint density at radius 2 is 1.78 bits per heavy atom. The molecule has 37 heavy (non-hydrogen) atoms. The standard InChI is InChI=1S/C28H26N4O5/c1-35-25-17-20(11-12-24(25)37-19-26(33)31-13-15-36-16-14-31)18-29-32-27(21-7-3-2-4-8-21)30-23-10-6-5-9-22(23)28(32)34/h2-12,17-18H,13-16,19H2,1H3. The van der Waals surface area contributed by atoms with Crippen LogP contribution in [0.5, 0.6) is 11.5 Å². The zero-order valence-corrected chi connectivity index (χ0v) is 20.4. The van der Waals surface area contributed by atoms with E-state index in [9.17, 15) is 9.59 Å². The SMILES string of the molecule is COc1cc(C=Nn2c(-c3ccccc3)nc3ccccc3c2=O)ccc1OCC(=O)N1CCOCC1. The van der Waals surface area contributed by atoms with Crippen LogP contribution in [0.3, 0.4) is 0 Å². The van der Waals surface area contributed by atoms with Crippen molar-refractivity contribution in [1.29, 1.82) is 0 Å². The first-order chi connectivity index (χ1) is 18.1. The number of benzene rings is 3. The second-order valence-corrected chi connectivity index (χ2v) is 8.37. The van der Waals surface area contributed by atoms with Crippen molar-refractivity contribution in [2.75, 3.05) is 40.0 Å². The summed E-state index contributed by atoms with van der Waals surface area (Å²) in [7, 11) is 1.53. The number of para-hydroxylation sites is 1. The molecule has 3 aromatic carbocycles. The average Bonchev–Trinajstić information content (AvgIpc) is 2.96. The third kappa shape index (κ3) is 5.36. The predicted octanol–water partition coefficient (Wildman–Crippen LogP) is 3.19. The van der Waals surface area contributed by atoms with E-state index in [-0.39, 0.29) is 18.1 Å². The van der Waals surface area contributed by atoms with Gasteiger partial charge in [0.05, 0.1) is 37.4 Å². The molecule has 1 aromatic heterocycles. The maximum atomic E-state index is 13.3. The lowest BCUT2D eigenvalue weighted by atomic mass is 10.2. The van der Waals surface area contributed by atoms with Crippen molar-refractivity contribution in [3.8, 4) is 22.9 Å². The first-order valence-electron chi connectivity index (χ1n) is 11.9. The highest BCUT2D eigenvalue weighted by molar-refractivity contribution is 5.83. The Hall–Kier alpha value is -4.50. The molecule has 0 atom stereocenters. The molecule has 9 heteroatoms. The Kier molecular flexibility index (Phi) is 7.23. The van der Waals surface area contributed by atoms with Gasteiger partial charge in [-0.2, -0.15) is 9.78 Å². The molecule has 0 radical (unpaired) electrons. The summed E-state index contributed by atoms with van der Waals surface area (Å²) in [4.78, 5) is 32.2. The smallest absolute Gasteiger partial charge is 0.282 e. The highest BCUT2D eigenvalue weighted by atomic mass is 16.5. The van der Waals surface area contributed by atoms with Gasteiger partial charge in [0, 0.05) is 18.7 Å². The molecule has 1 amide bonds. The molecule has 0 unspecified atom stereocenters. The maximum absolute atomic E-state index is 13.3. The number of carbonyl (C=O) groups excluding carboxylic acids is 1. The Morgan fingerprint density at radius 3 is 2.57 bits per heavy atom. The molecule has 1 aliphatic heterocycles. The number of aromatic nitrogens is 2. The zero-order valence-electron chi connectivity index (χ0n) is 20.4. The first-order valence-corrected chi connectivity index (χ1v) is 11.9. The summed E-state index contributed by atoms with van der Waals surface area (Å²) in [6, 6.07) is 21.9. The summed E-state index contributed by atoms with van der Waals surface area (Å²) >= 11 is 0. The van der Waals surface area contributed by atoms with E-state index < -0.39 is 0 Å². The molecule has 0 spiro atoms. The third-order valence-electron chi connectivity index (χ3n) is 6.01. The Balaban J connectivity index is 1.42. The minimum atomic E-state index is -0.269. The van der Waals surface area contributed by atoms with Crippen LogP contribution in [-0.4, -0.2) is 66.7 Å². The van der Waals surface area contributed by atoms with Crippen LogP contribution >= 0.6 is 0 Å². The fourth-order valence-electron chi connectivity index (χ4n) is 4.06. The van der Waals surface area contributed by atoms with Gasteiger partial charge in [0.15, 0.2) is 23.9 Å². The molecular weight excluding hydrogens is 472 g/mol. The summed E-state index contributed by atoms with van der Waals surface area (Å²) in [6.07, 6.45) is 1.56. The van der Waals surface area contributed by atoms with Crippen LogP contribution in [0.1, 0.15) is 5.56 Å². The van der Waals surface area contributed by atoms with E-state index in [1.807, 2.05) is 42.5 Å². The molecule has 1 aliphatic rings. The van der Waals surface area contributed by atoms with Crippen LogP contribution in [0.15, 0.2) is 82.7 Å². The van der Waals surface area contributed by atoms with Gasteiger partial charge in [-0.15, -0.1) is 0 Å². The van der Waals surface area contributed by atoms with Crippen LogP contribution in [0.4, 0.5) is 0 Å². The van der Waals surface area contributed by atoms with Gasteiger partial charge >= 0.3 is 0 Å². The van der Waals surface area contributed by atoms with Gasteiger partial charge in [-0.05, 0) is 35.9 Å². The second kappa shape index (κ2) is 11.0. The van der Waals surface area contributed by atoms with Gasteiger partial charge in [-0.1, -0.05) is 42.5 Å². The van der Waals surface area contributed by atoms with Crippen molar-refractivity contribution in [3.05, 3.63) is 88.7 Å². The first kappa shape index (κ1) is 24.2. The van der Waals surface area contributed by atoms with E-state index in [1.165, 1.54) is 11.8 Å². The number of morpholine rings is 1. The van der Waals surface area contributed by atoms with E-state index >= 15 is 0 Å². The minimum Gasteiger partial charge on any atom is -0.493 e. The third-order valence-corrected chi connectivity index (χ3v) is 6.01. The lowest BCUT2D eigenvalue weighted by Gasteiger charge is -2.26. The number of fused-ring (bicyclic) bond motifs is 1. The van der Waals surface area contributed by atoms with Crippen molar-refractivity contribution < 1.29 is 19.0 Å². The van der Waals surface area contributed by atoms with Gasteiger partial charge in [0.2, 0.25) is 0 Å². The highest BCUT2D eigenvalue weighted by Gasteiger charge is 2.18. The molecule has 0 aliphatic carbocycles. The molecule has 1 saturated heterocycles. The van der Waals surface area contributed by atoms with Crippen LogP contribution in [0, 0.1) is 0 Å². The fourth-order valence-corrected chi connectivity index (χ4v) is 4.06. The topological polar surface area (TPSA) is 95.2 Å². The monoisotopic (exact) mass is 498 g/mol. The van der Waals surface area contributed by atoms with Crippen molar-refractivity contribution in [2.24, 2.45) is 5.10 Å². The summed E-state index contributed by atoms with van der Waals surface area (Å²) in [5.41, 5.74) is 1.79. The maximum Gasteiger partial charge on any atom is 0.282 e. The fraction of sp³-hybridized carbons (Fsp3) is 0.214. The van der Waals surface area contributed by atoms with E-state index in [0.717, 1.165) is 5.56 Å². The van der Waals surface area contributed by atoms with Gasteiger partial charge in [-0.25, -0.2) is 4.98 Å². The molecule has 188 valence electrons. The van der Waals surface area contributed by atoms with Gasteiger partial charge in [-0.3, -0.25) is 9.59 Å². The Morgan fingerprint density at radius 1 is 1.03 bits per heavy atom. The molecule has 0 bridgehead atoms. The van der Waals surface area contributed by atoms with E-state index in [2.05, 4.69) is 5.10 Å². The Bertz CT molecular complexity index is 1490. The molecule has 0 saturated carbocycles. The quantitative estimate of drug-likeness (QED) is 0.363. The highest BCUT2D eigenvalue weighted by Crippen LogP contribution is 2.28. The summed E-state index contributed by atoms with van der Waals surface area (Å²) in [6.45, 7) is 2.09. The molecule has 0 N–H and O–H groups in total. The molecule has 5 rings (SSSR count). The normalized spacial score (nSPS) is 13.7. The lowest BCUT2D eigenvalue weighted by molar-refractivity contribution is -0.137. The number of ether oxygens (including phenoxy) is 3. The van der Waals surface area contributed by atoms with Crippen LogP contribution < -0.4 is 15.0 Å². The van der Waals surface area contributed by atoms with Crippen molar-refractivity contribution >= 4 is 23.0 Å². The second-order valence-electron chi connectivity index (χ2n) is 8.37. The number of amides is 1. The van der Waals surface area contributed by atoms with Crippen molar-refractivity contribution in [2.45, 2.75) is 0 Å². The number of carbonyl (C=O) groups is 1.